The quantitative estimate of drug-likeness (QED) is 0.222. The van der Waals surface area contributed by atoms with E-state index in [1.54, 1.807) is 18.2 Å². The van der Waals surface area contributed by atoms with Crippen LogP contribution in [-0.4, -0.2) is 43.8 Å². The zero-order valence-electron chi connectivity index (χ0n) is 24.4. The first-order valence-corrected chi connectivity index (χ1v) is 16.3. The van der Waals surface area contributed by atoms with Crippen LogP contribution in [0.1, 0.15) is 36.8 Å². The normalized spacial score (nSPS) is 14.1. The van der Waals surface area contributed by atoms with Crippen molar-refractivity contribution >= 4 is 27.5 Å². The number of sulfonamides is 1. The van der Waals surface area contributed by atoms with Crippen LogP contribution < -0.4 is 9.62 Å². The maximum atomic E-state index is 14.4. The average Bonchev–Trinajstić information content (AvgIpc) is 3.56. The van der Waals surface area contributed by atoms with Crippen molar-refractivity contribution in [3.05, 3.63) is 132 Å². The van der Waals surface area contributed by atoms with Gasteiger partial charge in [-0.05, 0) is 60.4 Å². The summed E-state index contributed by atoms with van der Waals surface area (Å²) in [6, 6.07) is 30.7. The third-order valence-corrected chi connectivity index (χ3v) is 9.68. The molecule has 0 saturated heterocycles. The minimum atomic E-state index is -4.23. The molecule has 5 rings (SSSR count). The predicted molar refractivity (Wildman–Crippen MR) is 169 cm³/mol. The first-order valence-electron chi connectivity index (χ1n) is 14.8. The zero-order valence-corrected chi connectivity index (χ0v) is 25.2. The third-order valence-electron chi connectivity index (χ3n) is 7.89. The van der Waals surface area contributed by atoms with Crippen LogP contribution in [0.4, 0.5) is 10.1 Å². The third kappa shape index (κ3) is 7.71. The van der Waals surface area contributed by atoms with E-state index in [2.05, 4.69) is 5.32 Å². The number of nitrogens with zero attached hydrogens (tertiary/aromatic N) is 2. The van der Waals surface area contributed by atoms with Gasteiger partial charge >= 0.3 is 0 Å². The van der Waals surface area contributed by atoms with Gasteiger partial charge in [-0.3, -0.25) is 13.9 Å². The Morgan fingerprint density at radius 2 is 1.32 bits per heavy atom. The molecule has 44 heavy (non-hydrogen) atoms. The number of amides is 2. The summed E-state index contributed by atoms with van der Waals surface area (Å²) in [6.45, 7) is -0.490. The molecule has 0 heterocycles. The van der Waals surface area contributed by atoms with Crippen LogP contribution in [-0.2, 0) is 32.6 Å². The largest absolute Gasteiger partial charge is 0.352 e. The fraction of sp³-hybridized carbons (Fsp3) is 0.257. The molecule has 0 radical (unpaired) electrons. The Bertz CT molecular complexity index is 1630. The van der Waals surface area contributed by atoms with Gasteiger partial charge in [-0.15, -0.1) is 0 Å². The van der Waals surface area contributed by atoms with Gasteiger partial charge in [-0.2, -0.15) is 0 Å². The number of hydrogen-bond donors (Lipinski definition) is 1. The van der Waals surface area contributed by atoms with E-state index in [0.717, 1.165) is 53.2 Å². The molecule has 1 saturated carbocycles. The fourth-order valence-corrected chi connectivity index (χ4v) is 6.99. The van der Waals surface area contributed by atoms with Crippen LogP contribution in [0, 0.1) is 5.82 Å². The highest BCUT2D eigenvalue weighted by atomic mass is 32.2. The molecule has 1 aliphatic rings. The monoisotopic (exact) mass is 613 g/mol. The van der Waals surface area contributed by atoms with Gasteiger partial charge < -0.3 is 10.2 Å². The molecule has 0 spiro atoms. The van der Waals surface area contributed by atoms with E-state index < -0.39 is 34.3 Å². The van der Waals surface area contributed by atoms with Gasteiger partial charge in [0.05, 0.1) is 10.6 Å². The summed E-state index contributed by atoms with van der Waals surface area (Å²) in [5, 5.41) is 3.16. The van der Waals surface area contributed by atoms with Crippen molar-refractivity contribution in [2.45, 2.75) is 55.6 Å². The van der Waals surface area contributed by atoms with E-state index in [0.29, 0.717) is 0 Å². The molecule has 1 aliphatic carbocycles. The van der Waals surface area contributed by atoms with Gasteiger partial charge in [0, 0.05) is 19.0 Å². The molecule has 1 fully saturated rings. The molecule has 0 bridgehead atoms. The van der Waals surface area contributed by atoms with E-state index in [4.69, 9.17) is 0 Å². The maximum Gasteiger partial charge on any atom is 0.264 e. The molecule has 228 valence electrons. The molecule has 7 nitrogen and oxygen atoms in total. The summed E-state index contributed by atoms with van der Waals surface area (Å²) in [5.41, 5.74) is 1.81. The number of benzene rings is 4. The number of nitrogens with one attached hydrogen (secondary N) is 1. The van der Waals surface area contributed by atoms with E-state index >= 15 is 0 Å². The maximum absolute atomic E-state index is 14.4. The summed E-state index contributed by atoms with van der Waals surface area (Å²) in [5.74, 6) is -1.36. The van der Waals surface area contributed by atoms with Gasteiger partial charge in [0.25, 0.3) is 10.0 Å². The number of rotatable bonds is 12. The Morgan fingerprint density at radius 3 is 1.91 bits per heavy atom. The Labute approximate surface area is 258 Å². The topological polar surface area (TPSA) is 86.8 Å². The number of halogens is 1. The van der Waals surface area contributed by atoms with Crippen molar-refractivity contribution in [3.8, 4) is 0 Å². The second-order valence-electron chi connectivity index (χ2n) is 11.0. The molecular formula is C35H36FN3O4S. The second kappa shape index (κ2) is 14.3. The van der Waals surface area contributed by atoms with Gasteiger partial charge in [0.1, 0.15) is 18.4 Å². The van der Waals surface area contributed by atoms with E-state index in [1.807, 2.05) is 60.7 Å². The van der Waals surface area contributed by atoms with Crippen LogP contribution in [0.5, 0.6) is 0 Å². The van der Waals surface area contributed by atoms with Gasteiger partial charge in [0.2, 0.25) is 11.8 Å². The molecule has 0 aromatic heterocycles. The summed E-state index contributed by atoms with van der Waals surface area (Å²) < 4.78 is 42.7. The minimum absolute atomic E-state index is 0.00783. The molecule has 4 aromatic carbocycles. The highest BCUT2D eigenvalue weighted by Crippen LogP contribution is 2.26. The zero-order chi connectivity index (χ0) is 30.9. The molecule has 2 amide bonds. The summed E-state index contributed by atoms with van der Waals surface area (Å²) >= 11 is 0. The van der Waals surface area contributed by atoms with Crippen LogP contribution in [0.3, 0.4) is 0 Å². The molecule has 0 unspecified atom stereocenters. The molecule has 4 aromatic rings. The fourth-order valence-electron chi connectivity index (χ4n) is 5.56. The Kier molecular flexibility index (Phi) is 10.1. The Hall–Kier alpha value is -4.50. The lowest BCUT2D eigenvalue weighted by molar-refractivity contribution is -0.140. The summed E-state index contributed by atoms with van der Waals surface area (Å²) in [4.78, 5) is 29.9. The van der Waals surface area contributed by atoms with Crippen LogP contribution >= 0.6 is 0 Å². The molecule has 1 N–H and O–H groups in total. The molecular weight excluding hydrogens is 577 g/mol. The predicted octanol–water partition coefficient (Wildman–Crippen LogP) is 5.72. The first-order chi connectivity index (χ1) is 21.3. The summed E-state index contributed by atoms with van der Waals surface area (Å²) in [6.07, 6.45) is 4.07. The Morgan fingerprint density at radius 1 is 0.773 bits per heavy atom. The van der Waals surface area contributed by atoms with Crippen LogP contribution in [0.15, 0.2) is 120 Å². The van der Waals surface area contributed by atoms with Crippen molar-refractivity contribution in [2.75, 3.05) is 10.8 Å². The average molecular weight is 614 g/mol. The lowest BCUT2D eigenvalue weighted by Gasteiger charge is -2.34. The van der Waals surface area contributed by atoms with Crippen LogP contribution in [0.2, 0.25) is 0 Å². The van der Waals surface area contributed by atoms with E-state index in [-0.39, 0.29) is 35.5 Å². The highest BCUT2D eigenvalue weighted by Gasteiger charge is 2.35. The SMILES string of the molecule is O=C(NC1CCCC1)[C@H](Cc1ccccc1)N(Cc1ccccc1)C(=O)CN(c1ccc(F)cc1)S(=O)(=O)c1ccccc1. The van der Waals surface area contributed by atoms with Crippen molar-refractivity contribution in [1.82, 2.24) is 10.2 Å². The van der Waals surface area contributed by atoms with Gasteiger partial charge in [-0.25, -0.2) is 12.8 Å². The van der Waals surface area contributed by atoms with E-state index in [1.165, 1.54) is 29.2 Å². The summed E-state index contributed by atoms with van der Waals surface area (Å²) in [7, 11) is -4.23. The van der Waals surface area contributed by atoms with Crippen molar-refractivity contribution in [2.24, 2.45) is 0 Å². The minimum Gasteiger partial charge on any atom is -0.352 e. The second-order valence-corrected chi connectivity index (χ2v) is 12.9. The number of hydrogen-bond acceptors (Lipinski definition) is 4. The van der Waals surface area contributed by atoms with Crippen LogP contribution in [0.25, 0.3) is 0 Å². The Balaban J connectivity index is 1.54. The van der Waals surface area contributed by atoms with Crippen molar-refractivity contribution < 1.29 is 22.4 Å². The van der Waals surface area contributed by atoms with Crippen molar-refractivity contribution in [3.63, 3.8) is 0 Å². The molecule has 0 aliphatic heterocycles. The molecule has 1 atom stereocenters. The molecule has 9 heteroatoms. The number of carbonyl (C=O) groups excluding carboxylic acids is 2. The standard InChI is InChI=1S/C35H36FN3O4S/c36-29-20-22-31(23-21-29)39(44(42,43)32-18-8-3-9-19-32)26-34(40)38(25-28-14-6-2-7-15-28)33(24-27-12-4-1-5-13-27)35(41)37-30-16-10-11-17-30/h1-9,12-15,18-23,30,33H,10-11,16-17,24-26H2,(H,37,41)/t33-/m0/s1. The lowest BCUT2D eigenvalue weighted by atomic mass is 10.0. The van der Waals surface area contributed by atoms with Gasteiger partial charge in [-0.1, -0.05) is 91.7 Å². The first kappa shape index (κ1) is 30.9. The number of carbonyl (C=O) groups is 2. The van der Waals surface area contributed by atoms with Crippen molar-refractivity contribution in [1.29, 1.82) is 0 Å². The smallest absolute Gasteiger partial charge is 0.264 e. The highest BCUT2D eigenvalue weighted by molar-refractivity contribution is 7.92. The number of anilines is 1. The van der Waals surface area contributed by atoms with E-state index in [9.17, 15) is 22.4 Å². The lowest BCUT2D eigenvalue weighted by Crippen LogP contribution is -2.54. The van der Waals surface area contributed by atoms with Gasteiger partial charge in [0.15, 0.2) is 0 Å².